The molecule has 1 amide bonds. The van der Waals surface area contributed by atoms with Crippen LogP contribution in [0.2, 0.25) is 0 Å². The zero-order valence-corrected chi connectivity index (χ0v) is 8.23. The highest BCUT2D eigenvalue weighted by Crippen LogP contribution is 2.29. The minimum Gasteiger partial charge on any atom is -0.342 e. The number of carbonyl (C=O) groups excluding carboxylic acids is 1. The summed E-state index contributed by atoms with van der Waals surface area (Å²) < 4.78 is 0. The summed E-state index contributed by atoms with van der Waals surface area (Å²) in [6.07, 6.45) is 6.71. The monoisotopic (exact) mass is 227 g/mol. The van der Waals surface area contributed by atoms with Crippen LogP contribution in [0, 0.1) is 16.7 Å². The van der Waals surface area contributed by atoms with Crippen molar-refractivity contribution in [2.45, 2.75) is 12.8 Å². The molecule has 1 rings (SSSR count). The van der Waals surface area contributed by atoms with Crippen molar-refractivity contribution in [1.82, 2.24) is 5.32 Å². The number of hydrogen-bond acceptors (Lipinski definition) is 1. The van der Waals surface area contributed by atoms with Crippen molar-refractivity contribution in [1.29, 1.82) is 0 Å². The van der Waals surface area contributed by atoms with Gasteiger partial charge in [-0.05, 0) is 23.6 Å². The average Bonchev–Trinajstić information content (AvgIpc) is 2.82. The summed E-state index contributed by atoms with van der Waals surface area (Å²) in [6.45, 7) is 0.580. The Morgan fingerprint density at radius 3 is 3.00 bits per heavy atom. The number of allylic oxidation sites excluding steroid dienone is 1. The molecule has 0 saturated heterocycles. The molecule has 0 aromatic rings. The van der Waals surface area contributed by atoms with E-state index in [1.165, 1.54) is 12.8 Å². The number of hydrogen-bond donors (Lipinski definition) is 1. The summed E-state index contributed by atoms with van der Waals surface area (Å²) >= 11 is 2.85. The Labute approximate surface area is 80.5 Å². The third-order valence-corrected chi connectivity index (χ3v) is 1.77. The van der Waals surface area contributed by atoms with E-state index in [4.69, 9.17) is 0 Å². The second-order valence-corrected chi connectivity index (χ2v) is 3.09. The van der Waals surface area contributed by atoms with Crippen LogP contribution < -0.4 is 5.32 Å². The van der Waals surface area contributed by atoms with Crippen LogP contribution in [0.5, 0.6) is 0 Å². The lowest BCUT2D eigenvalue weighted by molar-refractivity contribution is -0.115. The third kappa shape index (κ3) is 4.20. The second-order valence-electron chi connectivity index (χ2n) is 2.70. The molecule has 0 unspecified atom stereocenters. The maximum atomic E-state index is 10.8. The Bertz CT molecular complexity index is 245. The molecule has 0 aromatic heterocycles. The first-order valence-corrected chi connectivity index (χ1v) is 4.68. The molecule has 0 atom stereocenters. The lowest BCUT2D eigenvalue weighted by Gasteiger charge is -1.92. The van der Waals surface area contributed by atoms with Gasteiger partial charge in [-0.3, -0.25) is 4.79 Å². The van der Waals surface area contributed by atoms with E-state index in [0.29, 0.717) is 6.54 Å². The Kier molecular flexibility index (Phi) is 3.89. The van der Waals surface area contributed by atoms with E-state index in [0.717, 1.165) is 5.92 Å². The first-order chi connectivity index (χ1) is 5.83. The molecule has 1 saturated carbocycles. The molecule has 12 heavy (non-hydrogen) atoms. The zero-order valence-electron chi connectivity index (χ0n) is 6.64. The molecular formula is C9H10BrNO. The van der Waals surface area contributed by atoms with E-state index >= 15 is 0 Å². The minimum atomic E-state index is -0.243. The fraction of sp³-hybridized carbons (Fsp3) is 0.444. The molecule has 1 aliphatic rings. The number of carbonyl (C=O) groups is 1. The van der Waals surface area contributed by atoms with Crippen LogP contribution in [0.4, 0.5) is 0 Å². The average molecular weight is 228 g/mol. The molecule has 0 aliphatic heterocycles. The molecule has 1 N–H and O–H groups in total. The van der Waals surface area contributed by atoms with Crippen molar-refractivity contribution < 1.29 is 4.79 Å². The molecule has 1 fully saturated rings. The molecule has 64 valence electrons. The van der Waals surface area contributed by atoms with Gasteiger partial charge in [-0.25, -0.2) is 0 Å². The maximum absolute atomic E-state index is 10.8. The molecular weight excluding hydrogens is 218 g/mol. The van der Waals surface area contributed by atoms with E-state index in [1.807, 2.05) is 6.08 Å². The van der Waals surface area contributed by atoms with Gasteiger partial charge in [0.15, 0.2) is 0 Å². The van der Waals surface area contributed by atoms with Crippen LogP contribution in [-0.4, -0.2) is 12.5 Å². The minimum absolute atomic E-state index is 0.243. The molecule has 3 heteroatoms. The van der Waals surface area contributed by atoms with E-state index in [-0.39, 0.29) is 5.91 Å². The van der Waals surface area contributed by atoms with Crippen molar-refractivity contribution in [2.75, 3.05) is 6.54 Å². The van der Waals surface area contributed by atoms with Crippen molar-refractivity contribution >= 4 is 21.8 Å². The predicted octanol–water partition coefficient (Wildman–Crippen LogP) is 1.42. The van der Waals surface area contributed by atoms with Crippen LogP contribution in [0.15, 0.2) is 12.2 Å². The Morgan fingerprint density at radius 2 is 2.42 bits per heavy atom. The first kappa shape index (κ1) is 9.34. The number of halogens is 1. The molecule has 1 aliphatic carbocycles. The van der Waals surface area contributed by atoms with Crippen LogP contribution >= 0.6 is 15.9 Å². The normalized spacial score (nSPS) is 15.4. The molecule has 2 nitrogen and oxygen atoms in total. The Hall–Kier alpha value is -0.750. The standard InChI is InChI=1S/C9H10BrNO/c10-6-5-9(12)11-7-1-2-8-3-4-8/h1-2,8H,3-4,7H2,(H,11,12)/b2-1+. The number of nitrogens with one attached hydrogen (secondary N) is 1. The van der Waals surface area contributed by atoms with Gasteiger partial charge in [0.2, 0.25) is 0 Å². The predicted molar refractivity (Wildman–Crippen MR) is 51.6 cm³/mol. The Morgan fingerprint density at radius 1 is 1.67 bits per heavy atom. The van der Waals surface area contributed by atoms with Gasteiger partial charge in [-0.15, -0.1) is 0 Å². The topological polar surface area (TPSA) is 29.1 Å². The first-order valence-electron chi connectivity index (χ1n) is 3.89. The van der Waals surface area contributed by atoms with Gasteiger partial charge >= 0.3 is 0 Å². The summed E-state index contributed by atoms with van der Waals surface area (Å²) in [4.78, 5) is 13.1. The highest BCUT2D eigenvalue weighted by Gasteiger charge is 2.16. The summed E-state index contributed by atoms with van der Waals surface area (Å²) in [7, 11) is 0. The number of rotatable bonds is 3. The lowest BCUT2D eigenvalue weighted by Crippen LogP contribution is -2.21. The third-order valence-electron chi connectivity index (χ3n) is 1.57. The van der Waals surface area contributed by atoms with Gasteiger partial charge in [0.1, 0.15) is 0 Å². The van der Waals surface area contributed by atoms with Crippen molar-refractivity contribution in [2.24, 2.45) is 5.92 Å². The SMILES string of the molecule is O=C(C#CBr)NC/C=C/C1CC1. The van der Waals surface area contributed by atoms with Crippen LogP contribution in [0.1, 0.15) is 12.8 Å². The van der Waals surface area contributed by atoms with E-state index in [1.54, 1.807) is 0 Å². The van der Waals surface area contributed by atoms with Gasteiger partial charge in [-0.2, -0.15) is 0 Å². The second kappa shape index (κ2) is 5.00. The maximum Gasteiger partial charge on any atom is 0.297 e. The molecule has 0 spiro atoms. The molecule has 0 heterocycles. The summed E-state index contributed by atoms with van der Waals surface area (Å²) in [5.41, 5.74) is 0. The van der Waals surface area contributed by atoms with Crippen molar-refractivity contribution in [3.05, 3.63) is 12.2 Å². The summed E-state index contributed by atoms with van der Waals surface area (Å²) in [5.74, 6) is 2.86. The largest absolute Gasteiger partial charge is 0.342 e. The van der Waals surface area contributed by atoms with E-state index < -0.39 is 0 Å². The van der Waals surface area contributed by atoms with Crippen LogP contribution in [-0.2, 0) is 4.79 Å². The summed E-state index contributed by atoms with van der Waals surface area (Å²) in [6, 6.07) is 0. The smallest absolute Gasteiger partial charge is 0.297 e. The highest BCUT2D eigenvalue weighted by molar-refractivity contribution is 9.12. The fourth-order valence-corrected chi connectivity index (χ4v) is 0.968. The molecule has 0 aromatic carbocycles. The number of amides is 1. The van der Waals surface area contributed by atoms with E-state index in [2.05, 4.69) is 38.1 Å². The van der Waals surface area contributed by atoms with Crippen molar-refractivity contribution in [3.8, 4) is 10.8 Å². The zero-order chi connectivity index (χ0) is 8.81. The molecule has 0 radical (unpaired) electrons. The van der Waals surface area contributed by atoms with Crippen molar-refractivity contribution in [3.63, 3.8) is 0 Å². The highest BCUT2D eigenvalue weighted by atomic mass is 79.9. The van der Waals surface area contributed by atoms with Gasteiger partial charge in [0.05, 0.1) is 0 Å². The summed E-state index contributed by atoms with van der Waals surface area (Å²) in [5, 5.41) is 2.64. The fourth-order valence-electron chi connectivity index (χ4n) is 0.788. The van der Waals surface area contributed by atoms with Crippen LogP contribution in [0.3, 0.4) is 0 Å². The van der Waals surface area contributed by atoms with Gasteiger partial charge < -0.3 is 5.32 Å². The molecule has 0 bridgehead atoms. The van der Waals surface area contributed by atoms with Crippen LogP contribution in [0.25, 0.3) is 0 Å². The van der Waals surface area contributed by atoms with Gasteiger partial charge in [0, 0.05) is 28.4 Å². The van der Waals surface area contributed by atoms with E-state index in [9.17, 15) is 4.79 Å². The quantitative estimate of drug-likeness (QED) is 0.574. The van der Waals surface area contributed by atoms with Gasteiger partial charge in [0.25, 0.3) is 5.91 Å². The van der Waals surface area contributed by atoms with Gasteiger partial charge in [-0.1, -0.05) is 12.2 Å². The Balaban J connectivity index is 2.06. The lowest BCUT2D eigenvalue weighted by atomic mass is 10.3.